The van der Waals surface area contributed by atoms with Gasteiger partial charge in [0.2, 0.25) is 0 Å². The summed E-state index contributed by atoms with van der Waals surface area (Å²) in [6.45, 7) is 1.63. The molecule has 124 valence electrons. The molecular formula is C14H19N5O4. The number of nitrogens with zero attached hydrogens (tertiary/aromatic N) is 4. The SMILES string of the molecule is COC(=O)CN1CCC(n2c(=O)n(C)c(=O)c3nc[nH]c32)CC1. The van der Waals surface area contributed by atoms with Crippen LogP contribution in [0.2, 0.25) is 0 Å². The van der Waals surface area contributed by atoms with Crippen molar-refractivity contribution in [2.24, 2.45) is 7.05 Å². The van der Waals surface area contributed by atoms with E-state index in [1.54, 1.807) is 4.57 Å². The summed E-state index contributed by atoms with van der Waals surface area (Å²) in [5.41, 5.74) is -0.0163. The van der Waals surface area contributed by atoms with Gasteiger partial charge in [-0.25, -0.2) is 9.78 Å². The van der Waals surface area contributed by atoms with Crippen molar-refractivity contribution in [2.45, 2.75) is 18.9 Å². The zero-order valence-corrected chi connectivity index (χ0v) is 13.1. The topological polar surface area (TPSA) is 102 Å². The van der Waals surface area contributed by atoms with Gasteiger partial charge in [0, 0.05) is 26.2 Å². The molecule has 1 aliphatic rings. The van der Waals surface area contributed by atoms with Crippen LogP contribution in [0.25, 0.3) is 11.2 Å². The van der Waals surface area contributed by atoms with E-state index in [9.17, 15) is 14.4 Å². The molecule has 0 unspecified atom stereocenters. The molecule has 0 amide bonds. The quantitative estimate of drug-likeness (QED) is 0.745. The number of carbonyl (C=O) groups is 1. The summed E-state index contributed by atoms with van der Waals surface area (Å²) < 4.78 is 7.37. The lowest BCUT2D eigenvalue weighted by Crippen LogP contribution is -2.44. The third-order valence-corrected chi connectivity index (χ3v) is 4.36. The highest BCUT2D eigenvalue weighted by Crippen LogP contribution is 2.22. The highest BCUT2D eigenvalue weighted by molar-refractivity contribution is 5.71. The van der Waals surface area contributed by atoms with E-state index in [2.05, 4.69) is 14.7 Å². The molecule has 1 saturated heterocycles. The first kappa shape index (κ1) is 15.5. The predicted molar refractivity (Wildman–Crippen MR) is 82.3 cm³/mol. The number of nitrogens with one attached hydrogen (secondary N) is 1. The Kier molecular flexibility index (Phi) is 4.03. The summed E-state index contributed by atoms with van der Waals surface area (Å²) in [7, 11) is 2.83. The maximum atomic E-state index is 12.5. The van der Waals surface area contributed by atoms with Crippen molar-refractivity contribution in [2.75, 3.05) is 26.7 Å². The fourth-order valence-electron chi connectivity index (χ4n) is 3.05. The van der Waals surface area contributed by atoms with Crippen LogP contribution in [0, 0.1) is 0 Å². The molecule has 0 aromatic carbocycles. The highest BCUT2D eigenvalue weighted by atomic mass is 16.5. The van der Waals surface area contributed by atoms with Crippen LogP contribution in [0.4, 0.5) is 0 Å². The number of H-pyrrole nitrogens is 1. The van der Waals surface area contributed by atoms with Gasteiger partial charge < -0.3 is 9.72 Å². The first-order valence-corrected chi connectivity index (χ1v) is 7.46. The van der Waals surface area contributed by atoms with Crippen LogP contribution in [0.3, 0.4) is 0 Å². The fraction of sp³-hybridized carbons (Fsp3) is 0.571. The molecule has 3 rings (SSSR count). The van der Waals surface area contributed by atoms with Crippen molar-refractivity contribution in [3.05, 3.63) is 27.2 Å². The monoisotopic (exact) mass is 321 g/mol. The Balaban J connectivity index is 1.88. The smallest absolute Gasteiger partial charge is 0.332 e. The number of carbonyl (C=O) groups excluding carboxylic acids is 1. The highest BCUT2D eigenvalue weighted by Gasteiger charge is 2.26. The van der Waals surface area contributed by atoms with Crippen molar-refractivity contribution in [1.82, 2.24) is 24.0 Å². The average molecular weight is 321 g/mol. The second-order valence-electron chi connectivity index (χ2n) is 5.70. The lowest BCUT2D eigenvalue weighted by atomic mass is 10.0. The van der Waals surface area contributed by atoms with Crippen molar-refractivity contribution in [1.29, 1.82) is 0 Å². The minimum absolute atomic E-state index is 0.0360. The van der Waals surface area contributed by atoms with Gasteiger partial charge in [0.1, 0.15) is 5.65 Å². The van der Waals surface area contributed by atoms with Crippen LogP contribution in [-0.4, -0.2) is 56.7 Å². The molecule has 2 aromatic rings. The van der Waals surface area contributed by atoms with Gasteiger partial charge in [-0.15, -0.1) is 0 Å². The van der Waals surface area contributed by atoms with Crippen molar-refractivity contribution >= 4 is 17.1 Å². The Labute approximate surface area is 131 Å². The van der Waals surface area contributed by atoms with Gasteiger partial charge in [0.05, 0.1) is 20.0 Å². The number of ether oxygens (including phenoxy) is 1. The van der Waals surface area contributed by atoms with Crippen LogP contribution in [0.15, 0.2) is 15.9 Å². The first-order chi connectivity index (χ1) is 11.0. The number of methoxy groups -OCH3 is 1. The minimum Gasteiger partial charge on any atom is -0.468 e. The number of likely N-dealkylation sites (tertiary alicyclic amines) is 1. The largest absolute Gasteiger partial charge is 0.468 e. The van der Waals surface area contributed by atoms with E-state index >= 15 is 0 Å². The maximum Gasteiger partial charge on any atom is 0.332 e. The lowest BCUT2D eigenvalue weighted by Gasteiger charge is -2.32. The van der Waals surface area contributed by atoms with E-state index in [0.29, 0.717) is 31.6 Å². The van der Waals surface area contributed by atoms with Crippen LogP contribution >= 0.6 is 0 Å². The second-order valence-corrected chi connectivity index (χ2v) is 5.70. The number of rotatable bonds is 3. The van der Waals surface area contributed by atoms with E-state index in [-0.39, 0.29) is 29.8 Å². The molecule has 9 heteroatoms. The Morgan fingerprint density at radius 2 is 2.09 bits per heavy atom. The Bertz CT molecular complexity index is 841. The number of imidazole rings is 1. The number of hydrogen-bond acceptors (Lipinski definition) is 6. The van der Waals surface area contributed by atoms with Gasteiger partial charge in [-0.3, -0.25) is 23.6 Å². The molecule has 0 atom stereocenters. The standard InChI is InChI=1S/C14H19N5O4/c1-17-13(21)11-12(16-8-15-11)19(14(17)22)9-3-5-18(6-4-9)7-10(20)23-2/h8-9H,3-7H2,1-2H3,(H,15,16). The molecule has 0 bridgehead atoms. The van der Waals surface area contributed by atoms with Gasteiger partial charge in [-0.1, -0.05) is 0 Å². The molecule has 1 fully saturated rings. The first-order valence-electron chi connectivity index (χ1n) is 7.46. The second kappa shape index (κ2) is 5.99. The summed E-state index contributed by atoms with van der Waals surface area (Å²) in [4.78, 5) is 44.8. The van der Waals surface area contributed by atoms with Gasteiger partial charge in [-0.05, 0) is 12.8 Å². The molecule has 0 radical (unpaired) electrons. The number of hydrogen-bond donors (Lipinski definition) is 1. The summed E-state index contributed by atoms with van der Waals surface area (Å²) in [5.74, 6) is -0.265. The van der Waals surface area contributed by atoms with Crippen molar-refractivity contribution in [3.63, 3.8) is 0 Å². The van der Waals surface area contributed by atoms with Crippen LogP contribution in [-0.2, 0) is 16.6 Å². The maximum absolute atomic E-state index is 12.5. The number of piperidine rings is 1. The molecule has 9 nitrogen and oxygen atoms in total. The normalized spacial score (nSPS) is 16.8. The molecule has 0 spiro atoms. The van der Waals surface area contributed by atoms with Gasteiger partial charge in [0.25, 0.3) is 5.56 Å². The van der Waals surface area contributed by atoms with Crippen molar-refractivity contribution in [3.8, 4) is 0 Å². The third kappa shape index (κ3) is 2.67. The number of esters is 1. The molecule has 3 heterocycles. The zero-order chi connectivity index (χ0) is 16.6. The molecule has 0 saturated carbocycles. The average Bonchev–Trinajstić information content (AvgIpc) is 3.03. The summed E-state index contributed by atoms with van der Waals surface area (Å²) >= 11 is 0. The van der Waals surface area contributed by atoms with E-state index in [4.69, 9.17) is 0 Å². The van der Waals surface area contributed by atoms with Crippen molar-refractivity contribution < 1.29 is 9.53 Å². The molecular weight excluding hydrogens is 302 g/mol. The fourth-order valence-corrected chi connectivity index (χ4v) is 3.05. The van der Waals surface area contributed by atoms with Gasteiger partial charge >= 0.3 is 11.7 Å². The number of aromatic nitrogens is 4. The van der Waals surface area contributed by atoms with E-state index in [0.717, 1.165) is 4.57 Å². The van der Waals surface area contributed by atoms with Gasteiger partial charge in [-0.2, -0.15) is 0 Å². The summed E-state index contributed by atoms with van der Waals surface area (Å²) in [5, 5.41) is 0. The summed E-state index contributed by atoms with van der Waals surface area (Å²) in [6, 6.07) is -0.0360. The zero-order valence-electron chi connectivity index (χ0n) is 13.1. The Morgan fingerprint density at radius 1 is 1.39 bits per heavy atom. The van der Waals surface area contributed by atoms with E-state index < -0.39 is 5.56 Å². The Morgan fingerprint density at radius 3 is 2.74 bits per heavy atom. The van der Waals surface area contributed by atoms with E-state index in [1.165, 1.54) is 20.5 Å². The number of fused-ring (bicyclic) bond motifs is 1. The Hall–Kier alpha value is -2.42. The minimum atomic E-state index is -0.398. The predicted octanol–water partition coefficient (Wildman–Crippen LogP) is -0.767. The molecule has 1 N–H and O–H groups in total. The third-order valence-electron chi connectivity index (χ3n) is 4.36. The molecule has 2 aromatic heterocycles. The summed E-state index contributed by atoms with van der Waals surface area (Å²) in [6.07, 6.45) is 2.85. The number of aromatic amines is 1. The van der Waals surface area contributed by atoms with Crippen LogP contribution < -0.4 is 11.2 Å². The van der Waals surface area contributed by atoms with Crippen LogP contribution in [0.5, 0.6) is 0 Å². The van der Waals surface area contributed by atoms with Gasteiger partial charge in [0.15, 0.2) is 5.52 Å². The molecule has 0 aliphatic carbocycles. The lowest BCUT2D eigenvalue weighted by molar-refractivity contribution is -0.142. The van der Waals surface area contributed by atoms with Crippen LogP contribution in [0.1, 0.15) is 18.9 Å². The molecule has 23 heavy (non-hydrogen) atoms. The molecule has 1 aliphatic heterocycles. The van der Waals surface area contributed by atoms with E-state index in [1.807, 2.05) is 4.90 Å².